The standard InChI is InChI=1S/C25H32F4O2/c1-3-4-5-6-17-7-9-18(10-8-17)19-11-13-20(14-12-19)31-25(28,29)21-15-16-22(30-2)24(27)23(21)26/h3,13,15-19H,1,4-12,14H2,2H3. The molecular formula is C25H32F4O2. The minimum Gasteiger partial charge on any atom is -0.494 e. The fraction of sp³-hybridized carbons (Fsp3) is 0.600. The van der Waals surface area contributed by atoms with Crippen LogP contribution in [0.25, 0.3) is 0 Å². The minimum atomic E-state index is -3.95. The summed E-state index contributed by atoms with van der Waals surface area (Å²) in [5, 5.41) is 0. The van der Waals surface area contributed by atoms with E-state index in [1.165, 1.54) is 38.5 Å². The maximum Gasteiger partial charge on any atom is 0.429 e. The fourth-order valence-corrected chi connectivity index (χ4v) is 4.98. The van der Waals surface area contributed by atoms with Gasteiger partial charge in [0.1, 0.15) is 5.56 Å². The van der Waals surface area contributed by atoms with Gasteiger partial charge in [0.15, 0.2) is 11.6 Å². The average molecular weight is 441 g/mol. The third-order valence-electron chi connectivity index (χ3n) is 6.83. The summed E-state index contributed by atoms with van der Waals surface area (Å²) in [6.07, 6.45) is 10.0. The zero-order valence-corrected chi connectivity index (χ0v) is 18.1. The lowest BCUT2D eigenvalue weighted by Crippen LogP contribution is -2.25. The summed E-state index contributed by atoms with van der Waals surface area (Å²) < 4.78 is 66.5. The lowest BCUT2D eigenvalue weighted by atomic mass is 9.71. The van der Waals surface area contributed by atoms with Gasteiger partial charge in [0, 0.05) is 6.42 Å². The molecular weight excluding hydrogens is 408 g/mol. The Labute approximate surface area is 182 Å². The molecule has 0 saturated heterocycles. The molecule has 1 atom stereocenters. The zero-order chi connectivity index (χ0) is 22.4. The van der Waals surface area contributed by atoms with Gasteiger partial charge >= 0.3 is 6.11 Å². The monoisotopic (exact) mass is 440 g/mol. The van der Waals surface area contributed by atoms with Crippen LogP contribution in [0.2, 0.25) is 0 Å². The second-order valence-electron chi connectivity index (χ2n) is 8.77. The number of hydrogen-bond donors (Lipinski definition) is 0. The van der Waals surface area contributed by atoms with Crippen molar-refractivity contribution < 1.29 is 27.0 Å². The predicted molar refractivity (Wildman–Crippen MR) is 113 cm³/mol. The van der Waals surface area contributed by atoms with Crippen LogP contribution in [-0.4, -0.2) is 7.11 Å². The number of unbranched alkanes of at least 4 members (excludes halogenated alkanes) is 1. The third kappa shape index (κ3) is 5.83. The van der Waals surface area contributed by atoms with Gasteiger partial charge in [0.25, 0.3) is 0 Å². The number of rotatable bonds is 9. The summed E-state index contributed by atoms with van der Waals surface area (Å²) in [5.74, 6) is -1.47. The molecule has 31 heavy (non-hydrogen) atoms. The Morgan fingerprint density at radius 1 is 1.06 bits per heavy atom. The number of alkyl halides is 2. The van der Waals surface area contributed by atoms with Crippen molar-refractivity contribution in [2.24, 2.45) is 17.8 Å². The van der Waals surface area contributed by atoms with Crippen molar-refractivity contribution in [1.82, 2.24) is 0 Å². The van der Waals surface area contributed by atoms with E-state index in [-0.39, 0.29) is 5.76 Å². The number of halogens is 4. The number of ether oxygens (including phenoxy) is 2. The van der Waals surface area contributed by atoms with Crippen molar-refractivity contribution in [2.75, 3.05) is 7.11 Å². The Bertz CT molecular complexity index is 782. The Morgan fingerprint density at radius 3 is 2.42 bits per heavy atom. The van der Waals surface area contributed by atoms with Gasteiger partial charge in [-0.3, -0.25) is 0 Å². The van der Waals surface area contributed by atoms with Gasteiger partial charge in [-0.2, -0.15) is 13.2 Å². The summed E-state index contributed by atoms with van der Waals surface area (Å²) >= 11 is 0. The largest absolute Gasteiger partial charge is 0.494 e. The van der Waals surface area contributed by atoms with E-state index >= 15 is 0 Å². The van der Waals surface area contributed by atoms with Crippen molar-refractivity contribution in [2.45, 2.75) is 70.3 Å². The number of methoxy groups -OCH3 is 1. The minimum absolute atomic E-state index is 0.148. The predicted octanol–water partition coefficient (Wildman–Crippen LogP) is 7.89. The van der Waals surface area contributed by atoms with Gasteiger partial charge in [-0.05, 0) is 74.5 Å². The van der Waals surface area contributed by atoms with E-state index in [9.17, 15) is 17.6 Å². The van der Waals surface area contributed by atoms with Crippen LogP contribution in [0.15, 0.2) is 36.6 Å². The summed E-state index contributed by atoms with van der Waals surface area (Å²) in [6.45, 7) is 3.77. The van der Waals surface area contributed by atoms with E-state index in [0.717, 1.165) is 38.0 Å². The maximum absolute atomic E-state index is 14.5. The molecule has 0 spiro atoms. The van der Waals surface area contributed by atoms with E-state index in [0.29, 0.717) is 24.7 Å². The van der Waals surface area contributed by atoms with Gasteiger partial charge in [0.2, 0.25) is 5.82 Å². The number of hydrogen-bond acceptors (Lipinski definition) is 2. The van der Waals surface area contributed by atoms with Crippen LogP contribution >= 0.6 is 0 Å². The molecule has 0 amide bonds. The van der Waals surface area contributed by atoms with Crippen LogP contribution in [0.5, 0.6) is 5.75 Å². The molecule has 172 valence electrons. The van der Waals surface area contributed by atoms with Crippen molar-refractivity contribution >= 4 is 0 Å². The van der Waals surface area contributed by atoms with Crippen LogP contribution in [0.4, 0.5) is 17.6 Å². The highest BCUT2D eigenvalue weighted by molar-refractivity contribution is 5.32. The highest BCUT2D eigenvalue weighted by Gasteiger charge is 2.40. The molecule has 0 aliphatic heterocycles. The molecule has 0 radical (unpaired) electrons. The molecule has 1 unspecified atom stereocenters. The van der Waals surface area contributed by atoms with E-state index in [1.54, 1.807) is 6.08 Å². The topological polar surface area (TPSA) is 18.5 Å². The first-order chi connectivity index (χ1) is 14.9. The SMILES string of the molecule is C=CCCCC1CCC(C2CC=C(OC(F)(F)c3ccc(OC)c(F)c3F)CC2)CC1. The summed E-state index contributed by atoms with van der Waals surface area (Å²) in [7, 11) is 1.14. The normalized spacial score (nSPS) is 24.4. The molecule has 2 aliphatic carbocycles. The molecule has 0 N–H and O–H groups in total. The van der Waals surface area contributed by atoms with Crippen LogP contribution in [0.3, 0.4) is 0 Å². The average Bonchev–Trinajstić information content (AvgIpc) is 2.76. The quantitative estimate of drug-likeness (QED) is 0.221. The maximum atomic E-state index is 14.5. The van der Waals surface area contributed by atoms with Gasteiger partial charge in [0.05, 0.1) is 12.9 Å². The highest BCUT2D eigenvalue weighted by atomic mass is 19.3. The first kappa shape index (κ1) is 23.7. The zero-order valence-electron chi connectivity index (χ0n) is 18.1. The molecule has 1 saturated carbocycles. The summed E-state index contributed by atoms with van der Waals surface area (Å²) in [5.41, 5.74) is -1.12. The fourth-order valence-electron chi connectivity index (χ4n) is 4.98. The van der Waals surface area contributed by atoms with Crippen LogP contribution in [0, 0.1) is 29.4 Å². The molecule has 0 bridgehead atoms. The second-order valence-corrected chi connectivity index (χ2v) is 8.77. The number of benzene rings is 1. The van der Waals surface area contributed by atoms with Crippen LogP contribution in [0.1, 0.15) is 69.8 Å². The molecule has 6 heteroatoms. The molecule has 1 aromatic rings. The number of allylic oxidation sites excluding steroid dienone is 3. The van der Waals surface area contributed by atoms with Crippen molar-refractivity contribution in [1.29, 1.82) is 0 Å². The summed E-state index contributed by atoms with van der Waals surface area (Å²) in [6, 6.07) is 1.78. The molecule has 0 heterocycles. The molecule has 3 rings (SSSR count). The van der Waals surface area contributed by atoms with E-state index in [2.05, 4.69) is 11.3 Å². The first-order valence-electron chi connectivity index (χ1n) is 11.2. The Hall–Kier alpha value is -1.98. The molecule has 2 aliphatic rings. The first-order valence-corrected chi connectivity index (χ1v) is 11.2. The Kier molecular flexibility index (Phi) is 8.06. The molecule has 2 nitrogen and oxygen atoms in total. The summed E-state index contributed by atoms with van der Waals surface area (Å²) in [4.78, 5) is 0. The van der Waals surface area contributed by atoms with Crippen molar-refractivity contribution in [3.05, 3.63) is 53.8 Å². The van der Waals surface area contributed by atoms with Gasteiger partial charge < -0.3 is 9.47 Å². The van der Waals surface area contributed by atoms with Crippen molar-refractivity contribution in [3.63, 3.8) is 0 Å². The molecule has 0 aromatic heterocycles. The van der Waals surface area contributed by atoms with E-state index in [4.69, 9.17) is 4.74 Å². The third-order valence-corrected chi connectivity index (χ3v) is 6.83. The molecule has 1 fully saturated rings. The lowest BCUT2D eigenvalue weighted by molar-refractivity contribution is -0.228. The highest BCUT2D eigenvalue weighted by Crippen LogP contribution is 2.43. The van der Waals surface area contributed by atoms with Crippen LogP contribution < -0.4 is 4.74 Å². The van der Waals surface area contributed by atoms with E-state index in [1.807, 2.05) is 6.08 Å². The van der Waals surface area contributed by atoms with Crippen LogP contribution in [-0.2, 0) is 10.8 Å². The van der Waals surface area contributed by atoms with Gasteiger partial charge in [-0.15, -0.1) is 6.58 Å². The van der Waals surface area contributed by atoms with E-state index < -0.39 is 29.1 Å². The molecule has 1 aromatic carbocycles. The van der Waals surface area contributed by atoms with Crippen molar-refractivity contribution in [3.8, 4) is 5.75 Å². The Morgan fingerprint density at radius 2 is 1.81 bits per heavy atom. The Balaban J connectivity index is 1.54. The smallest absolute Gasteiger partial charge is 0.429 e. The van der Waals surface area contributed by atoms with Gasteiger partial charge in [-0.25, -0.2) is 4.39 Å². The lowest BCUT2D eigenvalue weighted by Gasteiger charge is -2.35. The second kappa shape index (κ2) is 10.6. The van der Waals surface area contributed by atoms with Gasteiger partial charge in [-0.1, -0.05) is 25.3 Å².